The molecular formula is C30H30ClNO3S. The summed E-state index contributed by atoms with van der Waals surface area (Å²) in [7, 11) is 3.35. The lowest BCUT2D eigenvalue weighted by Crippen LogP contribution is -2.40. The Morgan fingerprint density at radius 2 is 1.67 bits per heavy atom. The summed E-state index contributed by atoms with van der Waals surface area (Å²) in [6.45, 7) is 0.473. The average Bonchev–Trinajstić information content (AvgIpc) is 3.28. The molecule has 1 saturated carbocycles. The highest BCUT2D eigenvalue weighted by atomic mass is 35.5. The minimum atomic E-state index is 0.00463. The molecule has 36 heavy (non-hydrogen) atoms. The number of fused-ring (bicyclic) bond motifs is 1. The molecule has 4 aromatic rings. The Balaban J connectivity index is 1.52. The van der Waals surface area contributed by atoms with Crippen molar-refractivity contribution >= 4 is 38.9 Å². The van der Waals surface area contributed by atoms with Crippen LogP contribution in [0.15, 0.2) is 66.7 Å². The van der Waals surface area contributed by atoms with Crippen molar-refractivity contribution < 1.29 is 14.3 Å². The second kappa shape index (κ2) is 10.9. The highest BCUT2D eigenvalue weighted by Crippen LogP contribution is 2.38. The van der Waals surface area contributed by atoms with Crippen LogP contribution in [0.5, 0.6) is 11.5 Å². The van der Waals surface area contributed by atoms with Gasteiger partial charge in [-0.05, 0) is 54.3 Å². The lowest BCUT2D eigenvalue weighted by molar-refractivity contribution is 0.0618. The van der Waals surface area contributed by atoms with Crippen molar-refractivity contribution in [1.29, 1.82) is 0 Å². The fraction of sp³-hybridized carbons (Fsp3) is 0.300. The van der Waals surface area contributed by atoms with Gasteiger partial charge in [0.2, 0.25) is 0 Å². The Labute approximate surface area is 221 Å². The minimum Gasteiger partial charge on any atom is -0.497 e. The molecule has 0 saturated heterocycles. The van der Waals surface area contributed by atoms with E-state index in [1.165, 1.54) is 17.8 Å². The monoisotopic (exact) mass is 519 g/mol. The van der Waals surface area contributed by atoms with Gasteiger partial charge in [-0.1, -0.05) is 67.3 Å². The molecule has 1 aromatic heterocycles. The van der Waals surface area contributed by atoms with Crippen molar-refractivity contribution in [3.05, 3.63) is 82.2 Å². The van der Waals surface area contributed by atoms with E-state index in [2.05, 4.69) is 12.1 Å². The Kier molecular flexibility index (Phi) is 7.49. The summed E-state index contributed by atoms with van der Waals surface area (Å²) in [5, 5.41) is 1.50. The van der Waals surface area contributed by atoms with Crippen molar-refractivity contribution in [2.24, 2.45) is 0 Å². The van der Waals surface area contributed by atoms with Gasteiger partial charge in [0.25, 0.3) is 5.91 Å². The first-order valence-electron chi connectivity index (χ1n) is 12.4. The number of ether oxygens (including phenoxy) is 2. The zero-order valence-electron chi connectivity index (χ0n) is 20.6. The van der Waals surface area contributed by atoms with Gasteiger partial charge in [-0.15, -0.1) is 11.3 Å². The van der Waals surface area contributed by atoms with E-state index < -0.39 is 0 Å². The Bertz CT molecular complexity index is 1360. The largest absolute Gasteiger partial charge is 0.497 e. The molecule has 0 atom stereocenters. The summed E-state index contributed by atoms with van der Waals surface area (Å²) in [5.74, 6) is 1.61. The summed E-state index contributed by atoms with van der Waals surface area (Å²) in [6.07, 6.45) is 5.51. The molecule has 1 aliphatic carbocycles. The van der Waals surface area contributed by atoms with Crippen molar-refractivity contribution in [2.75, 3.05) is 14.2 Å². The summed E-state index contributed by atoms with van der Waals surface area (Å²) in [5.41, 5.74) is 3.15. The highest BCUT2D eigenvalue weighted by molar-refractivity contribution is 7.21. The Morgan fingerprint density at radius 3 is 2.36 bits per heavy atom. The number of hydrogen-bond acceptors (Lipinski definition) is 4. The van der Waals surface area contributed by atoms with E-state index in [0.717, 1.165) is 64.0 Å². The third-order valence-corrected chi connectivity index (χ3v) is 8.71. The summed E-state index contributed by atoms with van der Waals surface area (Å²) < 4.78 is 12.1. The number of halogens is 1. The smallest absolute Gasteiger partial charge is 0.266 e. The first-order chi connectivity index (χ1) is 17.6. The lowest BCUT2D eigenvalue weighted by Gasteiger charge is -2.34. The third-order valence-electron chi connectivity index (χ3n) is 7.05. The topological polar surface area (TPSA) is 38.8 Å². The molecular weight excluding hydrogens is 490 g/mol. The van der Waals surface area contributed by atoms with Gasteiger partial charge in [0.1, 0.15) is 16.4 Å². The van der Waals surface area contributed by atoms with E-state index in [-0.39, 0.29) is 11.9 Å². The van der Waals surface area contributed by atoms with Crippen LogP contribution in [0.3, 0.4) is 0 Å². The zero-order valence-corrected chi connectivity index (χ0v) is 22.2. The first-order valence-corrected chi connectivity index (χ1v) is 13.6. The number of thiophene rings is 1. The number of hydrogen-bond donors (Lipinski definition) is 0. The fourth-order valence-corrected chi connectivity index (χ4v) is 6.56. The van der Waals surface area contributed by atoms with Gasteiger partial charge in [-0.3, -0.25) is 4.79 Å². The maximum atomic E-state index is 14.1. The van der Waals surface area contributed by atoms with Crippen LogP contribution in [0.25, 0.3) is 21.2 Å². The SMILES string of the molecule is COc1ccc(-c2ccc(OC)c(CN(C(=O)c3sc4ccccc4c3Cl)C3CCCCC3)c2)cc1. The molecule has 1 aliphatic rings. The van der Waals surface area contributed by atoms with Gasteiger partial charge in [0.05, 0.1) is 19.2 Å². The van der Waals surface area contributed by atoms with E-state index >= 15 is 0 Å². The quantitative estimate of drug-likeness (QED) is 0.247. The summed E-state index contributed by atoms with van der Waals surface area (Å²) in [6, 6.07) is 22.3. The van der Waals surface area contributed by atoms with E-state index in [9.17, 15) is 4.79 Å². The molecule has 0 spiro atoms. The maximum Gasteiger partial charge on any atom is 0.266 e. The van der Waals surface area contributed by atoms with Crippen LogP contribution in [0, 0.1) is 0 Å². The zero-order chi connectivity index (χ0) is 25.1. The van der Waals surface area contributed by atoms with Gasteiger partial charge in [-0.25, -0.2) is 0 Å². The van der Waals surface area contributed by atoms with Gasteiger partial charge < -0.3 is 14.4 Å². The fourth-order valence-electron chi connectivity index (χ4n) is 5.09. The number of benzene rings is 3. The molecule has 1 amide bonds. The lowest BCUT2D eigenvalue weighted by atomic mass is 9.93. The predicted molar refractivity (Wildman–Crippen MR) is 149 cm³/mol. The molecule has 3 aromatic carbocycles. The van der Waals surface area contributed by atoms with E-state index in [4.69, 9.17) is 21.1 Å². The standard InChI is InChI=1S/C30H30ClNO3S/c1-34-24-15-12-20(13-16-24)21-14-17-26(35-2)22(18-21)19-32(23-8-4-3-5-9-23)30(33)29-28(31)25-10-6-7-11-27(25)36-29/h6-7,10-18,23H,3-5,8-9,19H2,1-2H3. The van der Waals surface area contributed by atoms with E-state index in [0.29, 0.717) is 16.4 Å². The van der Waals surface area contributed by atoms with Gasteiger partial charge in [0.15, 0.2) is 0 Å². The minimum absolute atomic E-state index is 0.00463. The molecule has 1 fully saturated rings. The van der Waals surface area contributed by atoms with Crippen LogP contribution in [0.4, 0.5) is 0 Å². The van der Waals surface area contributed by atoms with Crippen molar-refractivity contribution in [3.8, 4) is 22.6 Å². The predicted octanol–water partition coefficient (Wildman–Crippen LogP) is 8.21. The first kappa shape index (κ1) is 24.7. The number of nitrogens with zero attached hydrogens (tertiary/aromatic N) is 1. The summed E-state index contributed by atoms with van der Waals surface area (Å²) >= 11 is 8.24. The molecule has 4 nitrogen and oxygen atoms in total. The normalized spacial score (nSPS) is 14.1. The Morgan fingerprint density at radius 1 is 0.944 bits per heavy atom. The third kappa shape index (κ3) is 4.95. The molecule has 0 N–H and O–H groups in total. The van der Waals surface area contributed by atoms with Crippen LogP contribution in [-0.4, -0.2) is 31.1 Å². The van der Waals surface area contributed by atoms with Crippen LogP contribution in [-0.2, 0) is 6.54 Å². The van der Waals surface area contributed by atoms with Crippen LogP contribution in [0.2, 0.25) is 5.02 Å². The van der Waals surface area contributed by atoms with Gasteiger partial charge in [0, 0.05) is 28.2 Å². The Hall–Kier alpha value is -3.02. The summed E-state index contributed by atoms with van der Waals surface area (Å²) in [4.78, 5) is 16.7. The van der Waals surface area contributed by atoms with Crippen molar-refractivity contribution in [2.45, 2.75) is 44.7 Å². The number of carbonyl (C=O) groups excluding carboxylic acids is 1. The molecule has 0 bridgehead atoms. The molecule has 0 unspecified atom stereocenters. The molecule has 1 heterocycles. The highest BCUT2D eigenvalue weighted by Gasteiger charge is 2.30. The van der Waals surface area contributed by atoms with Crippen molar-refractivity contribution in [3.63, 3.8) is 0 Å². The molecule has 0 radical (unpaired) electrons. The van der Waals surface area contributed by atoms with Gasteiger partial charge in [-0.2, -0.15) is 0 Å². The molecule has 5 rings (SSSR count). The van der Waals surface area contributed by atoms with Crippen LogP contribution in [0.1, 0.15) is 47.3 Å². The number of carbonyl (C=O) groups is 1. The number of methoxy groups -OCH3 is 2. The maximum absolute atomic E-state index is 14.1. The van der Waals surface area contributed by atoms with Crippen LogP contribution < -0.4 is 9.47 Å². The van der Waals surface area contributed by atoms with Crippen molar-refractivity contribution in [1.82, 2.24) is 4.90 Å². The van der Waals surface area contributed by atoms with Gasteiger partial charge >= 0.3 is 0 Å². The second-order valence-corrected chi connectivity index (χ2v) is 10.7. The molecule has 6 heteroatoms. The average molecular weight is 520 g/mol. The molecule has 186 valence electrons. The van der Waals surface area contributed by atoms with Crippen LogP contribution >= 0.6 is 22.9 Å². The van der Waals surface area contributed by atoms with E-state index in [1.54, 1.807) is 14.2 Å². The number of amides is 1. The molecule has 0 aliphatic heterocycles. The number of rotatable bonds is 7. The second-order valence-electron chi connectivity index (χ2n) is 9.22. The van der Waals surface area contributed by atoms with E-state index in [1.807, 2.05) is 59.5 Å².